The molecule has 148 valence electrons. The van der Waals surface area contributed by atoms with E-state index < -0.39 is 0 Å². The minimum atomic E-state index is -0.298. The van der Waals surface area contributed by atoms with Crippen molar-refractivity contribution < 1.29 is 18.3 Å². The molecule has 4 aromatic rings. The molecule has 0 unspecified atom stereocenters. The third kappa shape index (κ3) is 4.07. The van der Waals surface area contributed by atoms with Gasteiger partial charge in [-0.25, -0.2) is 4.39 Å². The average molecular weight is 392 g/mol. The van der Waals surface area contributed by atoms with Gasteiger partial charge in [-0.15, -0.1) is 0 Å². The number of nitrogens with one attached hydrogen (secondary N) is 1. The van der Waals surface area contributed by atoms with E-state index in [9.17, 15) is 9.18 Å². The van der Waals surface area contributed by atoms with Crippen molar-refractivity contribution in [3.05, 3.63) is 83.8 Å². The summed E-state index contributed by atoms with van der Waals surface area (Å²) in [5.41, 5.74) is 3.78. The van der Waals surface area contributed by atoms with Crippen LogP contribution < -0.4 is 5.32 Å². The van der Waals surface area contributed by atoms with E-state index in [-0.39, 0.29) is 11.7 Å². The number of ether oxygens (including phenoxy) is 1. The molecular weight excluding hydrogens is 371 g/mol. The fourth-order valence-electron chi connectivity index (χ4n) is 3.28. The quantitative estimate of drug-likeness (QED) is 0.472. The fourth-order valence-corrected chi connectivity index (χ4v) is 3.28. The van der Waals surface area contributed by atoms with Gasteiger partial charge < -0.3 is 19.0 Å². The highest BCUT2D eigenvalue weighted by molar-refractivity contribution is 5.98. The number of carbonyl (C=O) groups is 1. The second-order valence-electron chi connectivity index (χ2n) is 6.72. The minimum Gasteiger partial charge on any atom is -0.454 e. The van der Waals surface area contributed by atoms with Crippen molar-refractivity contribution in [2.45, 2.75) is 6.54 Å². The maximum atomic E-state index is 13.2. The molecule has 2 aromatic heterocycles. The Morgan fingerprint density at radius 1 is 1.10 bits per heavy atom. The highest BCUT2D eigenvalue weighted by atomic mass is 19.1. The second kappa shape index (κ2) is 8.32. The topological polar surface area (TPSA) is 56.4 Å². The van der Waals surface area contributed by atoms with Crippen LogP contribution >= 0.6 is 0 Å². The summed E-state index contributed by atoms with van der Waals surface area (Å²) in [7, 11) is 1.59. The third-order valence-electron chi connectivity index (χ3n) is 4.73. The van der Waals surface area contributed by atoms with Gasteiger partial charge in [-0.1, -0.05) is 30.3 Å². The lowest BCUT2D eigenvalue weighted by atomic mass is 10.2. The van der Waals surface area contributed by atoms with Gasteiger partial charge >= 0.3 is 0 Å². The summed E-state index contributed by atoms with van der Waals surface area (Å²) in [4.78, 5) is 12.7. The number of halogens is 1. The molecule has 0 radical (unpaired) electrons. The molecule has 0 fully saturated rings. The van der Waals surface area contributed by atoms with Crippen LogP contribution in [0, 0.1) is 5.82 Å². The van der Waals surface area contributed by atoms with Crippen LogP contribution in [-0.2, 0) is 11.3 Å². The molecule has 0 aliphatic carbocycles. The van der Waals surface area contributed by atoms with Gasteiger partial charge in [0.15, 0.2) is 5.58 Å². The van der Waals surface area contributed by atoms with Crippen LogP contribution in [0.5, 0.6) is 0 Å². The van der Waals surface area contributed by atoms with Crippen LogP contribution in [0.15, 0.2) is 71.1 Å². The van der Waals surface area contributed by atoms with E-state index >= 15 is 0 Å². The van der Waals surface area contributed by atoms with E-state index in [0.717, 1.165) is 16.6 Å². The number of hydrogen-bond acceptors (Lipinski definition) is 3. The Morgan fingerprint density at radius 2 is 1.86 bits per heavy atom. The van der Waals surface area contributed by atoms with Crippen LogP contribution in [0.1, 0.15) is 16.1 Å². The molecule has 0 aliphatic heterocycles. The SMILES string of the molecule is COCCNC(=O)c1cc2oc(-c3ccc(F)cc3)cc2n1Cc1ccccc1. The van der Waals surface area contributed by atoms with Gasteiger partial charge in [0.2, 0.25) is 0 Å². The Hall–Kier alpha value is -3.38. The van der Waals surface area contributed by atoms with Gasteiger partial charge in [-0.2, -0.15) is 0 Å². The number of rotatable bonds is 7. The van der Waals surface area contributed by atoms with Gasteiger partial charge in [-0.3, -0.25) is 4.79 Å². The molecule has 0 saturated carbocycles. The van der Waals surface area contributed by atoms with Crippen LogP contribution in [0.4, 0.5) is 4.39 Å². The molecule has 2 aromatic carbocycles. The molecule has 1 amide bonds. The maximum absolute atomic E-state index is 13.2. The number of nitrogens with zero attached hydrogens (tertiary/aromatic N) is 1. The Balaban J connectivity index is 1.73. The first-order valence-electron chi connectivity index (χ1n) is 9.36. The summed E-state index contributed by atoms with van der Waals surface area (Å²) in [6, 6.07) is 19.7. The van der Waals surface area contributed by atoms with E-state index in [1.165, 1.54) is 12.1 Å². The van der Waals surface area contributed by atoms with E-state index in [1.807, 2.05) is 41.0 Å². The molecule has 0 atom stereocenters. The van der Waals surface area contributed by atoms with Crippen molar-refractivity contribution in [3.63, 3.8) is 0 Å². The highest BCUT2D eigenvalue weighted by Crippen LogP contribution is 2.31. The van der Waals surface area contributed by atoms with E-state index in [1.54, 1.807) is 25.3 Å². The molecule has 0 aliphatic rings. The normalized spacial score (nSPS) is 11.1. The van der Waals surface area contributed by atoms with Gasteiger partial charge in [0.1, 0.15) is 17.3 Å². The van der Waals surface area contributed by atoms with Gasteiger partial charge in [0.05, 0.1) is 12.1 Å². The zero-order valence-electron chi connectivity index (χ0n) is 16.0. The number of methoxy groups -OCH3 is 1. The van der Waals surface area contributed by atoms with Crippen LogP contribution in [0.25, 0.3) is 22.4 Å². The lowest BCUT2D eigenvalue weighted by Crippen LogP contribution is -2.29. The second-order valence-corrected chi connectivity index (χ2v) is 6.72. The summed E-state index contributed by atoms with van der Waals surface area (Å²) in [5.74, 6) is 0.143. The first-order valence-corrected chi connectivity index (χ1v) is 9.36. The number of aromatic nitrogens is 1. The molecule has 29 heavy (non-hydrogen) atoms. The molecule has 2 heterocycles. The van der Waals surface area contributed by atoms with Gasteiger partial charge in [0, 0.05) is 37.9 Å². The fraction of sp³-hybridized carbons (Fsp3) is 0.174. The summed E-state index contributed by atoms with van der Waals surface area (Å²) >= 11 is 0. The standard InChI is InChI=1S/C23H21FN2O3/c1-28-12-11-25-23(27)20-14-22-19(26(20)15-16-5-3-2-4-6-16)13-21(29-22)17-7-9-18(24)10-8-17/h2-10,13-14H,11-12,15H2,1H3,(H,25,27). The molecular formula is C23H21FN2O3. The minimum absolute atomic E-state index is 0.187. The van der Waals surface area contributed by atoms with Crippen LogP contribution in [-0.4, -0.2) is 30.7 Å². The van der Waals surface area contributed by atoms with Crippen LogP contribution in [0.2, 0.25) is 0 Å². The monoisotopic (exact) mass is 392 g/mol. The van der Waals surface area contributed by atoms with Crippen molar-refractivity contribution in [3.8, 4) is 11.3 Å². The number of hydrogen-bond donors (Lipinski definition) is 1. The van der Waals surface area contributed by atoms with E-state index in [0.29, 0.717) is 36.7 Å². The van der Waals surface area contributed by atoms with E-state index in [2.05, 4.69) is 5.32 Å². The summed E-state index contributed by atoms with van der Waals surface area (Å²) < 4.78 is 26.2. The lowest BCUT2D eigenvalue weighted by molar-refractivity contribution is 0.0928. The third-order valence-corrected chi connectivity index (χ3v) is 4.73. The predicted molar refractivity (Wildman–Crippen MR) is 109 cm³/mol. The molecule has 0 bridgehead atoms. The number of fused-ring (bicyclic) bond motifs is 1. The number of furan rings is 1. The Bertz CT molecular complexity index is 1110. The first-order chi connectivity index (χ1) is 14.2. The number of benzene rings is 2. The van der Waals surface area contributed by atoms with Crippen molar-refractivity contribution in [1.82, 2.24) is 9.88 Å². The number of carbonyl (C=O) groups excluding carboxylic acids is 1. The summed E-state index contributed by atoms with van der Waals surface area (Å²) in [5, 5.41) is 2.86. The van der Waals surface area contributed by atoms with Crippen molar-refractivity contribution in [2.75, 3.05) is 20.3 Å². The summed E-state index contributed by atoms with van der Waals surface area (Å²) in [6.07, 6.45) is 0. The lowest BCUT2D eigenvalue weighted by Gasteiger charge is -2.10. The summed E-state index contributed by atoms with van der Waals surface area (Å²) in [6.45, 7) is 1.39. The van der Waals surface area contributed by atoms with Crippen molar-refractivity contribution >= 4 is 17.0 Å². The van der Waals surface area contributed by atoms with Gasteiger partial charge in [0.25, 0.3) is 5.91 Å². The Morgan fingerprint density at radius 3 is 2.59 bits per heavy atom. The molecule has 6 heteroatoms. The maximum Gasteiger partial charge on any atom is 0.268 e. The predicted octanol–water partition coefficient (Wildman–Crippen LogP) is 4.46. The molecule has 0 spiro atoms. The van der Waals surface area contributed by atoms with Crippen LogP contribution in [0.3, 0.4) is 0 Å². The molecule has 5 nitrogen and oxygen atoms in total. The molecule has 4 rings (SSSR count). The van der Waals surface area contributed by atoms with E-state index in [4.69, 9.17) is 9.15 Å². The molecule has 0 saturated heterocycles. The van der Waals surface area contributed by atoms with Crippen molar-refractivity contribution in [2.24, 2.45) is 0 Å². The zero-order valence-corrected chi connectivity index (χ0v) is 16.0. The van der Waals surface area contributed by atoms with Gasteiger partial charge in [-0.05, 0) is 29.8 Å². The first kappa shape index (κ1) is 19.0. The highest BCUT2D eigenvalue weighted by Gasteiger charge is 2.19. The number of amides is 1. The zero-order chi connectivity index (χ0) is 20.2. The smallest absolute Gasteiger partial charge is 0.268 e. The average Bonchev–Trinajstić information content (AvgIpc) is 3.29. The Labute approximate surface area is 167 Å². The largest absolute Gasteiger partial charge is 0.454 e. The molecule has 1 N–H and O–H groups in total. The Kier molecular flexibility index (Phi) is 5.44. The van der Waals surface area contributed by atoms with Crippen molar-refractivity contribution in [1.29, 1.82) is 0 Å².